The van der Waals surface area contributed by atoms with Crippen LogP contribution in [0.5, 0.6) is 0 Å². The number of nitrogens with one attached hydrogen (secondary N) is 2. The topological polar surface area (TPSA) is 91.2 Å². The van der Waals surface area contributed by atoms with Crippen LogP contribution in [0.4, 0.5) is 10.2 Å². The molecule has 1 aromatic heterocycles. The van der Waals surface area contributed by atoms with Crippen LogP contribution < -0.4 is 16.6 Å². The molecule has 2 aromatic rings. The van der Waals surface area contributed by atoms with E-state index in [1.807, 2.05) is 12.1 Å². The summed E-state index contributed by atoms with van der Waals surface area (Å²) in [4.78, 5) is 28.8. The van der Waals surface area contributed by atoms with Crippen molar-refractivity contribution in [2.45, 2.75) is 19.3 Å². The molecule has 4 N–H and O–H groups in total. The van der Waals surface area contributed by atoms with E-state index in [0.717, 1.165) is 44.5 Å². The zero-order chi connectivity index (χ0) is 20.1. The number of amides is 1. The van der Waals surface area contributed by atoms with Crippen molar-refractivity contribution in [3.63, 3.8) is 0 Å². The number of nitrogen functional groups attached to an aromatic ring is 1. The molecule has 1 amide bonds. The number of carbonyl (C=O) groups is 1. The number of hydrogen-bond acceptors (Lipinski definition) is 4. The molecule has 1 fully saturated rings. The summed E-state index contributed by atoms with van der Waals surface area (Å²) in [5, 5.41) is 2.97. The van der Waals surface area contributed by atoms with Crippen molar-refractivity contribution in [2.75, 3.05) is 31.9 Å². The fraction of sp³-hybridized carbons (Fsp3) is 0.400. The molecule has 28 heavy (non-hydrogen) atoms. The third-order valence-electron chi connectivity index (χ3n) is 5.15. The van der Waals surface area contributed by atoms with Crippen LogP contribution in [0, 0.1) is 11.7 Å². The normalized spacial score (nSPS) is 15.5. The first-order valence-electron chi connectivity index (χ1n) is 9.35. The molecule has 8 heteroatoms. The van der Waals surface area contributed by atoms with Crippen LogP contribution >= 0.6 is 11.6 Å². The van der Waals surface area contributed by atoms with E-state index in [1.54, 1.807) is 0 Å². The second-order valence-electron chi connectivity index (χ2n) is 7.15. The third kappa shape index (κ3) is 5.33. The number of carbonyl (C=O) groups excluding carboxylic acids is 1. The van der Waals surface area contributed by atoms with E-state index in [2.05, 4.69) is 15.2 Å². The van der Waals surface area contributed by atoms with Crippen molar-refractivity contribution in [3.05, 3.63) is 62.7 Å². The number of rotatable bonds is 6. The summed E-state index contributed by atoms with van der Waals surface area (Å²) in [7, 11) is 0. The van der Waals surface area contributed by atoms with Gasteiger partial charge in [0.25, 0.3) is 11.5 Å². The van der Waals surface area contributed by atoms with Gasteiger partial charge in [-0.1, -0.05) is 23.7 Å². The standard InChI is InChI=1S/C20H24ClFN4O2/c21-17-11-16(20(28)25-18(17)23)19(27)24-12-14-6-9-26(10-7-14)8-5-13-1-3-15(22)4-2-13/h1-4,11,14H,5-10,12H2,(H,24,27)(H3,23,25,28). The molecule has 0 aliphatic carbocycles. The Morgan fingerprint density at radius 2 is 1.96 bits per heavy atom. The largest absolute Gasteiger partial charge is 0.384 e. The van der Waals surface area contributed by atoms with Gasteiger partial charge in [-0.05, 0) is 62.0 Å². The molecule has 3 rings (SSSR count). The first kappa shape index (κ1) is 20.4. The van der Waals surface area contributed by atoms with Gasteiger partial charge in [0.2, 0.25) is 0 Å². The Morgan fingerprint density at radius 1 is 1.29 bits per heavy atom. The van der Waals surface area contributed by atoms with Crippen LogP contribution in [0.2, 0.25) is 5.02 Å². The number of aromatic amines is 1. The molecule has 1 saturated heterocycles. The summed E-state index contributed by atoms with van der Waals surface area (Å²) in [5.41, 5.74) is 6.07. The van der Waals surface area contributed by atoms with Gasteiger partial charge in [0.05, 0.1) is 5.02 Å². The van der Waals surface area contributed by atoms with E-state index in [9.17, 15) is 14.0 Å². The molecule has 0 atom stereocenters. The van der Waals surface area contributed by atoms with Gasteiger partial charge in [-0.3, -0.25) is 9.59 Å². The zero-order valence-electron chi connectivity index (χ0n) is 15.5. The van der Waals surface area contributed by atoms with Gasteiger partial charge < -0.3 is 20.9 Å². The van der Waals surface area contributed by atoms with E-state index in [0.29, 0.717) is 12.5 Å². The van der Waals surface area contributed by atoms with Crippen molar-refractivity contribution >= 4 is 23.3 Å². The lowest BCUT2D eigenvalue weighted by Crippen LogP contribution is -2.40. The number of nitrogens with zero attached hydrogens (tertiary/aromatic N) is 1. The zero-order valence-corrected chi connectivity index (χ0v) is 16.3. The Hall–Kier alpha value is -2.38. The van der Waals surface area contributed by atoms with Gasteiger partial charge in [0, 0.05) is 13.1 Å². The highest BCUT2D eigenvalue weighted by Crippen LogP contribution is 2.18. The quantitative estimate of drug-likeness (QED) is 0.687. The predicted molar refractivity (Wildman–Crippen MR) is 108 cm³/mol. The van der Waals surface area contributed by atoms with Gasteiger partial charge in [-0.2, -0.15) is 0 Å². The van der Waals surface area contributed by atoms with E-state index >= 15 is 0 Å². The first-order valence-corrected chi connectivity index (χ1v) is 9.73. The highest BCUT2D eigenvalue weighted by Gasteiger charge is 2.20. The van der Waals surface area contributed by atoms with Crippen LogP contribution in [0.1, 0.15) is 28.8 Å². The fourth-order valence-electron chi connectivity index (χ4n) is 3.37. The molecule has 0 saturated carbocycles. The van der Waals surface area contributed by atoms with Crippen LogP contribution in [-0.4, -0.2) is 42.0 Å². The van der Waals surface area contributed by atoms with E-state index in [-0.39, 0.29) is 22.2 Å². The van der Waals surface area contributed by atoms with Crippen LogP contribution in [0.15, 0.2) is 35.1 Å². The molecular formula is C20H24ClFN4O2. The predicted octanol–water partition coefficient (Wildman–Crippen LogP) is 2.43. The van der Waals surface area contributed by atoms with Crippen LogP contribution in [-0.2, 0) is 6.42 Å². The minimum absolute atomic E-state index is 0.0315. The molecule has 2 heterocycles. The molecule has 0 spiro atoms. The average molecular weight is 407 g/mol. The van der Waals surface area contributed by atoms with Crippen molar-refractivity contribution in [3.8, 4) is 0 Å². The van der Waals surface area contributed by atoms with Gasteiger partial charge in [0.15, 0.2) is 0 Å². The molecule has 6 nitrogen and oxygen atoms in total. The lowest BCUT2D eigenvalue weighted by Gasteiger charge is -2.32. The number of pyridine rings is 1. The fourth-order valence-corrected chi connectivity index (χ4v) is 3.53. The van der Waals surface area contributed by atoms with Crippen LogP contribution in [0.3, 0.4) is 0 Å². The lowest BCUT2D eigenvalue weighted by atomic mass is 9.96. The summed E-state index contributed by atoms with van der Waals surface area (Å²) >= 11 is 5.88. The number of piperidine rings is 1. The van der Waals surface area contributed by atoms with Gasteiger partial charge in [-0.15, -0.1) is 0 Å². The number of anilines is 1. The highest BCUT2D eigenvalue weighted by atomic mass is 35.5. The Balaban J connectivity index is 1.42. The number of likely N-dealkylation sites (tertiary alicyclic amines) is 1. The van der Waals surface area contributed by atoms with Crippen molar-refractivity contribution in [2.24, 2.45) is 5.92 Å². The smallest absolute Gasteiger partial charge is 0.262 e. The van der Waals surface area contributed by atoms with Crippen LogP contribution in [0.25, 0.3) is 0 Å². The van der Waals surface area contributed by atoms with E-state index in [4.69, 9.17) is 17.3 Å². The van der Waals surface area contributed by atoms with Gasteiger partial charge in [-0.25, -0.2) is 4.39 Å². The summed E-state index contributed by atoms with van der Waals surface area (Å²) < 4.78 is 13.0. The molecular weight excluding hydrogens is 383 g/mol. The van der Waals surface area contributed by atoms with E-state index in [1.165, 1.54) is 18.2 Å². The second kappa shape index (κ2) is 9.21. The maximum Gasteiger partial charge on any atom is 0.262 e. The summed E-state index contributed by atoms with van der Waals surface area (Å²) in [6.45, 7) is 3.36. The minimum Gasteiger partial charge on any atom is -0.384 e. The molecule has 0 radical (unpaired) electrons. The van der Waals surface area contributed by atoms with Crippen molar-refractivity contribution in [1.29, 1.82) is 0 Å². The molecule has 1 aromatic carbocycles. The number of H-pyrrole nitrogens is 1. The summed E-state index contributed by atoms with van der Waals surface area (Å²) in [6, 6.07) is 7.92. The minimum atomic E-state index is -0.546. The molecule has 0 unspecified atom stereocenters. The summed E-state index contributed by atoms with van der Waals surface area (Å²) in [6.07, 6.45) is 2.84. The number of benzene rings is 1. The third-order valence-corrected chi connectivity index (χ3v) is 5.47. The Morgan fingerprint density at radius 3 is 2.64 bits per heavy atom. The summed E-state index contributed by atoms with van der Waals surface area (Å²) in [5.74, 6) is -0.234. The second-order valence-corrected chi connectivity index (χ2v) is 7.55. The Labute approximate surface area is 167 Å². The molecule has 150 valence electrons. The number of halogens is 2. The molecule has 1 aliphatic heterocycles. The number of aromatic nitrogens is 1. The average Bonchev–Trinajstić information content (AvgIpc) is 2.69. The Kier molecular flexibility index (Phi) is 6.70. The van der Waals surface area contributed by atoms with Gasteiger partial charge in [0.1, 0.15) is 17.2 Å². The van der Waals surface area contributed by atoms with Gasteiger partial charge >= 0.3 is 0 Å². The first-order chi connectivity index (χ1) is 13.4. The molecule has 1 aliphatic rings. The maximum atomic E-state index is 13.0. The van der Waals surface area contributed by atoms with Crippen molar-refractivity contribution < 1.29 is 9.18 Å². The monoisotopic (exact) mass is 406 g/mol. The molecule has 0 bridgehead atoms. The Bertz CT molecular complexity index is 877. The van der Waals surface area contributed by atoms with Crippen molar-refractivity contribution in [1.82, 2.24) is 15.2 Å². The highest BCUT2D eigenvalue weighted by molar-refractivity contribution is 6.33. The number of nitrogens with two attached hydrogens (primary N) is 1. The maximum absolute atomic E-state index is 13.0. The number of hydrogen-bond donors (Lipinski definition) is 3. The lowest BCUT2D eigenvalue weighted by molar-refractivity contribution is 0.0935. The van der Waals surface area contributed by atoms with E-state index < -0.39 is 11.5 Å². The SMILES string of the molecule is Nc1[nH]c(=O)c(C(=O)NCC2CCN(CCc3ccc(F)cc3)CC2)cc1Cl.